The van der Waals surface area contributed by atoms with Gasteiger partial charge in [0.25, 0.3) is 5.91 Å². The first kappa shape index (κ1) is 12.4. The first-order valence-electron chi connectivity index (χ1n) is 5.06. The summed E-state index contributed by atoms with van der Waals surface area (Å²) >= 11 is 3.20. The number of hydrogen-bond acceptors (Lipinski definition) is 4. The van der Waals surface area contributed by atoms with Gasteiger partial charge in [0.1, 0.15) is 5.75 Å². The van der Waals surface area contributed by atoms with Gasteiger partial charge < -0.3 is 16.2 Å². The standard InChI is InChI=1S/C11H11BrN4O2/c1-16-10(8(13)5-14-16)15-11(18)7-3-2-6(12)4-9(7)17/h2-5,17H,13H2,1H3,(H,15,18). The molecule has 2 aromatic rings. The summed E-state index contributed by atoms with van der Waals surface area (Å²) in [6.45, 7) is 0. The highest BCUT2D eigenvalue weighted by Gasteiger charge is 2.14. The minimum absolute atomic E-state index is 0.109. The van der Waals surface area contributed by atoms with Crippen LogP contribution in [0.15, 0.2) is 28.9 Å². The van der Waals surface area contributed by atoms with E-state index in [4.69, 9.17) is 5.73 Å². The summed E-state index contributed by atoms with van der Waals surface area (Å²) in [7, 11) is 1.66. The van der Waals surface area contributed by atoms with Crippen molar-refractivity contribution < 1.29 is 9.90 Å². The van der Waals surface area contributed by atoms with Crippen LogP contribution in [0.25, 0.3) is 0 Å². The lowest BCUT2D eigenvalue weighted by Crippen LogP contribution is -2.15. The van der Waals surface area contributed by atoms with Crippen molar-refractivity contribution in [3.63, 3.8) is 0 Å². The fourth-order valence-corrected chi connectivity index (χ4v) is 1.83. The molecule has 0 saturated heterocycles. The van der Waals surface area contributed by atoms with Crippen molar-refractivity contribution in [2.24, 2.45) is 7.05 Å². The van der Waals surface area contributed by atoms with E-state index < -0.39 is 5.91 Å². The van der Waals surface area contributed by atoms with E-state index in [1.807, 2.05) is 0 Å². The number of aromatic hydroxyl groups is 1. The number of carbonyl (C=O) groups excluding carboxylic acids is 1. The molecule has 1 amide bonds. The minimum atomic E-state index is -0.449. The summed E-state index contributed by atoms with van der Waals surface area (Å²) in [5, 5.41) is 16.2. The van der Waals surface area contributed by atoms with Crippen molar-refractivity contribution in [1.29, 1.82) is 0 Å². The molecule has 18 heavy (non-hydrogen) atoms. The summed E-state index contributed by atoms with van der Waals surface area (Å²) in [4.78, 5) is 12.0. The number of amides is 1. The van der Waals surface area contributed by atoms with E-state index in [0.717, 1.165) is 0 Å². The molecule has 0 aliphatic carbocycles. The summed E-state index contributed by atoms with van der Waals surface area (Å²) in [5.41, 5.74) is 6.19. The molecule has 0 aliphatic heterocycles. The quantitative estimate of drug-likeness (QED) is 0.787. The number of phenols is 1. The monoisotopic (exact) mass is 310 g/mol. The lowest BCUT2D eigenvalue weighted by molar-refractivity contribution is 0.102. The van der Waals surface area contributed by atoms with Crippen LogP contribution in [0.2, 0.25) is 0 Å². The average Bonchev–Trinajstić information content (AvgIpc) is 2.60. The number of aromatic nitrogens is 2. The third kappa shape index (κ3) is 2.30. The number of anilines is 2. The number of nitrogens with one attached hydrogen (secondary N) is 1. The van der Waals surface area contributed by atoms with Crippen LogP contribution in [-0.4, -0.2) is 20.8 Å². The van der Waals surface area contributed by atoms with Crippen LogP contribution >= 0.6 is 15.9 Å². The van der Waals surface area contributed by atoms with E-state index in [1.165, 1.54) is 23.0 Å². The predicted molar refractivity (Wildman–Crippen MR) is 71.4 cm³/mol. The van der Waals surface area contributed by atoms with Crippen molar-refractivity contribution >= 4 is 33.3 Å². The molecule has 0 bridgehead atoms. The van der Waals surface area contributed by atoms with Crippen LogP contribution in [0.5, 0.6) is 5.75 Å². The van der Waals surface area contributed by atoms with E-state index in [0.29, 0.717) is 16.0 Å². The fraction of sp³-hybridized carbons (Fsp3) is 0.0909. The van der Waals surface area contributed by atoms with Crippen LogP contribution in [0.4, 0.5) is 11.5 Å². The Labute approximate surface area is 112 Å². The molecule has 0 fully saturated rings. The van der Waals surface area contributed by atoms with Gasteiger partial charge in [-0.2, -0.15) is 5.10 Å². The molecule has 0 unspecified atom stereocenters. The molecule has 94 valence electrons. The Hall–Kier alpha value is -2.02. The van der Waals surface area contributed by atoms with E-state index >= 15 is 0 Å². The first-order chi connectivity index (χ1) is 8.49. The summed E-state index contributed by atoms with van der Waals surface area (Å²) in [5.74, 6) is -0.166. The molecule has 1 aromatic carbocycles. The van der Waals surface area contributed by atoms with Gasteiger partial charge in [0.15, 0.2) is 5.82 Å². The van der Waals surface area contributed by atoms with Gasteiger partial charge >= 0.3 is 0 Å². The number of carbonyl (C=O) groups is 1. The molecule has 0 saturated carbocycles. The highest BCUT2D eigenvalue weighted by Crippen LogP contribution is 2.24. The zero-order valence-electron chi connectivity index (χ0n) is 9.51. The number of nitrogen functional groups attached to an aromatic ring is 1. The van der Waals surface area contributed by atoms with Gasteiger partial charge in [0.05, 0.1) is 17.4 Å². The largest absolute Gasteiger partial charge is 0.507 e. The molecule has 1 heterocycles. The lowest BCUT2D eigenvalue weighted by Gasteiger charge is -2.08. The fourth-order valence-electron chi connectivity index (χ4n) is 1.48. The van der Waals surface area contributed by atoms with E-state index in [2.05, 4.69) is 26.3 Å². The maximum atomic E-state index is 12.0. The highest BCUT2D eigenvalue weighted by atomic mass is 79.9. The van der Waals surface area contributed by atoms with Gasteiger partial charge in [-0.25, -0.2) is 0 Å². The van der Waals surface area contributed by atoms with Crippen LogP contribution in [0, 0.1) is 0 Å². The number of hydrogen-bond donors (Lipinski definition) is 3. The number of phenolic OH excluding ortho intramolecular Hbond substituents is 1. The van der Waals surface area contributed by atoms with Crippen LogP contribution in [0.3, 0.4) is 0 Å². The molecule has 0 spiro atoms. The number of rotatable bonds is 2. The third-order valence-electron chi connectivity index (χ3n) is 2.40. The van der Waals surface area contributed by atoms with Crippen LogP contribution in [-0.2, 0) is 7.05 Å². The average molecular weight is 311 g/mol. The Morgan fingerprint density at radius 3 is 2.83 bits per heavy atom. The van der Waals surface area contributed by atoms with Crippen LogP contribution < -0.4 is 11.1 Å². The molecule has 0 aliphatic rings. The summed E-state index contributed by atoms with van der Waals surface area (Å²) in [6, 6.07) is 4.63. The molecule has 2 rings (SSSR count). The molecule has 7 heteroatoms. The molecule has 0 atom stereocenters. The summed E-state index contributed by atoms with van der Waals surface area (Å²) in [6.07, 6.45) is 1.44. The number of benzene rings is 1. The Morgan fingerprint density at radius 1 is 1.56 bits per heavy atom. The van der Waals surface area contributed by atoms with Crippen LogP contribution in [0.1, 0.15) is 10.4 Å². The van der Waals surface area contributed by atoms with Crippen molar-refractivity contribution in [3.05, 3.63) is 34.4 Å². The van der Waals surface area contributed by atoms with Gasteiger partial charge in [-0.3, -0.25) is 9.48 Å². The Morgan fingerprint density at radius 2 is 2.28 bits per heavy atom. The maximum Gasteiger partial charge on any atom is 0.260 e. The minimum Gasteiger partial charge on any atom is -0.507 e. The van der Waals surface area contributed by atoms with Crippen molar-refractivity contribution in [2.45, 2.75) is 0 Å². The number of nitrogens with zero attached hydrogens (tertiary/aromatic N) is 2. The number of halogens is 1. The zero-order chi connectivity index (χ0) is 13.3. The lowest BCUT2D eigenvalue weighted by atomic mass is 10.2. The van der Waals surface area contributed by atoms with Crippen molar-refractivity contribution in [2.75, 3.05) is 11.1 Å². The van der Waals surface area contributed by atoms with E-state index in [1.54, 1.807) is 13.1 Å². The normalized spacial score (nSPS) is 10.3. The van der Waals surface area contributed by atoms with Gasteiger partial charge in [0, 0.05) is 11.5 Å². The summed E-state index contributed by atoms with van der Waals surface area (Å²) < 4.78 is 2.14. The smallest absolute Gasteiger partial charge is 0.260 e. The topological polar surface area (TPSA) is 93.2 Å². The predicted octanol–water partition coefficient (Wildman–Crippen LogP) is 1.72. The Kier molecular flexibility index (Phi) is 3.24. The number of aryl methyl sites for hydroxylation is 1. The molecule has 6 nitrogen and oxygen atoms in total. The Bertz CT molecular complexity index is 590. The van der Waals surface area contributed by atoms with Gasteiger partial charge in [-0.15, -0.1) is 0 Å². The van der Waals surface area contributed by atoms with Gasteiger partial charge in [-0.1, -0.05) is 15.9 Å². The molecular weight excluding hydrogens is 300 g/mol. The van der Waals surface area contributed by atoms with Crippen molar-refractivity contribution in [1.82, 2.24) is 9.78 Å². The molecule has 0 radical (unpaired) electrons. The zero-order valence-corrected chi connectivity index (χ0v) is 11.1. The molecule has 1 aromatic heterocycles. The van der Waals surface area contributed by atoms with E-state index in [9.17, 15) is 9.90 Å². The molecular formula is C11H11BrN4O2. The first-order valence-corrected chi connectivity index (χ1v) is 5.85. The Balaban J connectivity index is 2.28. The third-order valence-corrected chi connectivity index (χ3v) is 2.90. The molecule has 4 N–H and O–H groups in total. The second kappa shape index (κ2) is 4.69. The van der Waals surface area contributed by atoms with Crippen molar-refractivity contribution in [3.8, 4) is 5.75 Å². The number of nitrogens with two attached hydrogens (primary N) is 1. The van der Waals surface area contributed by atoms with Gasteiger partial charge in [-0.05, 0) is 18.2 Å². The maximum absolute atomic E-state index is 12.0. The second-order valence-electron chi connectivity index (χ2n) is 3.69. The second-order valence-corrected chi connectivity index (χ2v) is 4.60. The SMILES string of the molecule is Cn1ncc(N)c1NC(=O)c1ccc(Br)cc1O. The van der Waals surface area contributed by atoms with Gasteiger partial charge in [0.2, 0.25) is 0 Å². The highest BCUT2D eigenvalue weighted by molar-refractivity contribution is 9.10. The van der Waals surface area contributed by atoms with E-state index in [-0.39, 0.29) is 11.3 Å².